The number of hydrogen-bond acceptors (Lipinski definition) is 4. The molecule has 23 heavy (non-hydrogen) atoms. The summed E-state index contributed by atoms with van der Waals surface area (Å²) in [5, 5.41) is 12.3. The maximum atomic E-state index is 12.1. The Morgan fingerprint density at radius 2 is 1.65 bits per heavy atom. The van der Waals surface area contributed by atoms with Crippen LogP contribution in [0.3, 0.4) is 0 Å². The van der Waals surface area contributed by atoms with Gasteiger partial charge in [0, 0.05) is 25.7 Å². The van der Waals surface area contributed by atoms with Crippen molar-refractivity contribution in [2.24, 2.45) is 11.8 Å². The summed E-state index contributed by atoms with van der Waals surface area (Å²) in [5.74, 6) is 1.57. The molecule has 5 nitrogen and oxygen atoms in total. The van der Waals surface area contributed by atoms with Gasteiger partial charge in [0.1, 0.15) is 5.60 Å². The second-order valence-corrected chi connectivity index (χ2v) is 8.09. The fraction of sp³-hybridized carbons (Fsp3) is 0.944. The molecule has 2 aliphatic rings. The van der Waals surface area contributed by atoms with Crippen LogP contribution >= 0.6 is 0 Å². The van der Waals surface area contributed by atoms with Gasteiger partial charge in [-0.05, 0) is 71.1 Å². The number of amides is 1. The van der Waals surface area contributed by atoms with E-state index in [0.29, 0.717) is 12.6 Å². The highest BCUT2D eigenvalue weighted by Crippen LogP contribution is 2.36. The minimum absolute atomic E-state index is 0.159. The number of aliphatic hydroxyl groups excluding tert-OH is 1. The van der Waals surface area contributed by atoms with Gasteiger partial charge in [0.25, 0.3) is 0 Å². The molecule has 0 unspecified atom stereocenters. The molecule has 1 saturated carbocycles. The smallest absolute Gasteiger partial charge is 0.410 e. The first-order valence-corrected chi connectivity index (χ1v) is 9.21. The zero-order valence-corrected chi connectivity index (χ0v) is 15.0. The lowest BCUT2D eigenvalue weighted by Crippen LogP contribution is -2.43. The zero-order chi connectivity index (χ0) is 16.9. The quantitative estimate of drug-likeness (QED) is 0.834. The van der Waals surface area contributed by atoms with Gasteiger partial charge in [-0.2, -0.15) is 0 Å². The fourth-order valence-corrected chi connectivity index (χ4v) is 3.94. The van der Waals surface area contributed by atoms with Gasteiger partial charge >= 0.3 is 6.09 Å². The molecule has 0 aromatic carbocycles. The summed E-state index contributed by atoms with van der Waals surface area (Å²) in [6.45, 7) is 8.36. The van der Waals surface area contributed by atoms with E-state index in [2.05, 4.69) is 5.32 Å². The Bertz CT molecular complexity index is 365. The Morgan fingerprint density at radius 1 is 1.09 bits per heavy atom. The maximum Gasteiger partial charge on any atom is 0.410 e. The monoisotopic (exact) mass is 326 g/mol. The van der Waals surface area contributed by atoms with Gasteiger partial charge < -0.3 is 20.1 Å². The number of rotatable bonds is 4. The van der Waals surface area contributed by atoms with Gasteiger partial charge in [0.05, 0.1) is 6.61 Å². The highest BCUT2D eigenvalue weighted by molar-refractivity contribution is 5.68. The number of piperidine rings is 1. The number of nitrogens with zero attached hydrogens (tertiary/aromatic N) is 1. The first-order chi connectivity index (χ1) is 10.9. The molecule has 5 heteroatoms. The minimum Gasteiger partial charge on any atom is -0.444 e. The van der Waals surface area contributed by atoms with Crippen molar-refractivity contribution < 1.29 is 14.6 Å². The van der Waals surface area contributed by atoms with Crippen molar-refractivity contribution in [3.63, 3.8) is 0 Å². The third-order valence-electron chi connectivity index (χ3n) is 5.17. The number of ether oxygens (including phenoxy) is 1. The first kappa shape index (κ1) is 18.5. The topological polar surface area (TPSA) is 61.8 Å². The molecule has 0 bridgehead atoms. The Labute approximate surface area is 140 Å². The highest BCUT2D eigenvalue weighted by atomic mass is 16.6. The van der Waals surface area contributed by atoms with E-state index in [1.54, 1.807) is 0 Å². The summed E-state index contributed by atoms with van der Waals surface area (Å²) in [6.07, 6.45) is 7.05. The van der Waals surface area contributed by atoms with Crippen LogP contribution in [0.4, 0.5) is 4.79 Å². The van der Waals surface area contributed by atoms with Crippen LogP contribution < -0.4 is 5.32 Å². The third-order valence-corrected chi connectivity index (χ3v) is 5.17. The number of nitrogens with one attached hydrogen (secondary N) is 1. The molecule has 1 amide bonds. The first-order valence-electron chi connectivity index (χ1n) is 9.21. The van der Waals surface area contributed by atoms with E-state index < -0.39 is 5.60 Å². The van der Waals surface area contributed by atoms with E-state index in [0.717, 1.165) is 37.8 Å². The third kappa shape index (κ3) is 5.96. The molecule has 0 aromatic rings. The Hall–Kier alpha value is -0.810. The summed E-state index contributed by atoms with van der Waals surface area (Å²) in [7, 11) is 0. The molecular weight excluding hydrogens is 292 g/mol. The van der Waals surface area contributed by atoms with Crippen molar-refractivity contribution in [2.45, 2.75) is 70.9 Å². The fourth-order valence-electron chi connectivity index (χ4n) is 3.94. The number of likely N-dealkylation sites (tertiary alicyclic amines) is 1. The van der Waals surface area contributed by atoms with Gasteiger partial charge in [-0.25, -0.2) is 4.79 Å². The molecule has 0 radical (unpaired) electrons. The van der Waals surface area contributed by atoms with Crippen LogP contribution in [0.2, 0.25) is 0 Å². The number of hydrogen-bond donors (Lipinski definition) is 2. The van der Waals surface area contributed by atoms with Crippen LogP contribution in [0.1, 0.15) is 59.3 Å². The second kappa shape index (κ2) is 8.34. The lowest BCUT2D eigenvalue weighted by atomic mass is 9.74. The molecule has 0 aromatic heterocycles. The highest BCUT2D eigenvalue weighted by Gasteiger charge is 2.32. The molecule has 134 valence electrons. The van der Waals surface area contributed by atoms with E-state index >= 15 is 0 Å². The Morgan fingerprint density at radius 3 is 2.17 bits per heavy atom. The van der Waals surface area contributed by atoms with Crippen LogP contribution in [0.25, 0.3) is 0 Å². The van der Waals surface area contributed by atoms with Gasteiger partial charge in [-0.3, -0.25) is 0 Å². The van der Waals surface area contributed by atoms with E-state index in [1.807, 2.05) is 25.7 Å². The lowest BCUT2D eigenvalue weighted by molar-refractivity contribution is 0.0145. The molecule has 1 saturated heterocycles. The maximum absolute atomic E-state index is 12.1. The number of carbonyl (C=O) groups excluding carboxylic acids is 1. The van der Waals surface area contributed by atoms with Crippen molar-refractivity contribution in [1.29, 1.82) is 0 Å². The molecule has 0 spiro atoms. The van der Waals surface area contributed by atoms with Crippen molar-refractivity contribution >= 4 is 6.09 Å². The Kier molecular flexibility index (Phi) is 6.72. The van der Waals surface area contributed by atoms with Crippen LogP contribution in [0.5, 0.6) is 0 Å². The SMILES string of the molecule is CC(C)(C)OC(=O)N1CCC(C2CCC(NCCO)CC2)CC1. The van der Waals surface area contributed by atoms with E-state index in [1.165, 1.54) is 25.7 Å². The number of carbonyl (C=O) groups is 1. The van der Waals surface area contributed by atoms with Gasteiger partial charge in [-0.1, -0.05) is 0 Å². The standard InChI is InChI=1S/C18H34N2O3/c1-18(2,3)23-17(22)20-11-8-15(9-12-20)14-4-6-16(7-5-14)19-10-13-21/h14-16,19,21H,4-13H2,1-3H3. The van der Waals surface area contributed by atoms with Crippen LogP contribution in [-0.2, 0) is 4.74 Å². The summed E-state index contributed by atoms with van der Waals surface area (Å²) in [6, 6.07) is 0.584. The molecule has 1 aliphatic heterocycles. The molecule has 2 rings (SSSR count). The average Bonchev–Trinajstić information content (AvgIpc) is 2.52. The molecule has 1 aliphatic carbocycles. The van der Waals surface area contributed by atoms with E-state index in [4.69, 9.17) is 9.84 Å². The van der Waals surface area contributed by atoms with Crippen molar-refractivity contribution in [3.8, 4) is 0 Å². The van der Waals surface area contributed by atoms with Gasteiger partial charge in [0.15, 0.2) is 0 Å². The number of aliphatic hydroxyl groups is 1. The molecule has 1 heterocycles. The van der Waals surface area contributed by atoms with Crippen LogP contribution in [-0.4, -0.2) is 54.0 Å². The predicted octanol–water partition coefficient (Wildman–Crippen LogP) is 2.77. The average molecular weight is 326 g/mol. The van der Waals surface area contributed by atoms with E-state index in [9.17, 15) is 4.79 Å². The van der Waals surface area contributed by atoms with Crippen molar-refractivity contribution in [1.82, 2.24) is 10.2 Å². The Balaban J connectivity index is 1.70. The molecule has 0 atom stereocenters. The zero-order valence-electron chi connectivity index (χ0n) is 15.0. The summed E-state index contributed by atoms with van der Waals surface area (Å²) < 4.78 is 5.47. The minimum atomic E-state index is -0.409. The second-order valence-electron chi connectivity index (χ2n) is 8.09. The van der Waals surface area contributed by atoms with Crippen LogP contribution in [0.15, 0.2) is 0 Å². The summed E-state index contributed by atoms with van der Waals surface area (Å²) in [5.41, 5.74) is -0.409. The molecule has 2 N–H and O–H groups in total. The normalized spacial score (nSPS) is 27.0. The molecule has 2 fully saturated rings. The summed E-state index contributed by atoms with van der Waals surface area (Å²) in [4.78, 5) is 14.0. The molecular formula is C18H34N2O3. The van der Waals surface area contributed by atoms with Gasteiger partial charge in [0.2, 0.25) is 0 Å². The van der Waals surface area contributed by atoms with E-state index in [-0.39, 0.29) is 12.7 Å². The predicted molar refractivity (Wildman–Crippen MR) is 91.4 cm³/mol. The van der Waals surface area contributed by atoms with Gasteiger partial charge in [-0.15, -0.1) is 0 Å². The summed E-state index contributed by atoms with van der Waals surface area (Å²) >= 11 is 0. The lowest BCUT2D eigenvalue weighted by Gasteiger charge is -2.39. The largest absolute Gasteiger partial charge is 0.444 e. The van der Waals surface area contributed by atoms with Crippen LogP contribution in [0, 0.1) is 11.8 Å². The van der Waals surface area contributed by atoms with Crippen molar-refractivity contribution in [3.05, 3.63) is 0 Å². The van der Waals surface area contributed by atoms with Crippen molar-refractivity contribution in [2.75, 3.05) is 26.2 Å².